The number of unbranched alkanes of at least 4 members (excludes halogenated alkanes) is 1. The minimum absolute atomic E-state index is 0.0493. The number of hydrogen-bond acceptors (Lipinski definition) is 2. The Bertz CT molecular complexity index is 128. The molecule has 1 atom stereocenters. The molecule has 0 aromatic heterocycles. The molecular weight excluding hydrogens is 148 g/mol. The normalized spacial score (nSPS) is 22.2. The van der Waals surface area contributed by atoms with Crippen molar-refractivity contribution < 1.29 is 0 Å². The van der Waals surface area contributed by atoms with E-state index < -0.39 is 0 Å². The van der Waals surface area contributed by atoms with Gasteiger partial charge in [0.1, 0.15) is 0 Å². The standard InChI is InChI=1S/C10H22N2/c1-3-4-7-12-8-10(2,11)9-5-6-9/h9,12H,3-8,11H2,1-2H3. The van der Waals surface area contributed by atoms with Crippen molar-refractivity contribution in [1.29, 1.82) is 0 Å². The van der Waals surface area contributed by atoms with E-state index in [1.54, 1.807) is 0 Å². The van der Waals surface area contributed by atoms with Crippen molar-refractivity contribution in [2.75, 3.05) is 13.1 Å². The summed E-state index contributed by atoms with van der Waals surface area (Å²) in [6.45, 7) is 6.49. The summed E-state index contributed by atoms with van der Waals surface area (Å²) in [5.74, 6) is 0.784. The molecule has 0 amide bonds. The molecule has 2 heteroatoms. The second-order valence-corrected chi connectivity index (χ2v) is 4.31. The summed E-state index contributed by atoms with van der Waals surface area (Å²) in [6, 6.07) is 0. The fourth-order valence-electron chi connectivity index (χ4n) is 1.55. The summed E-state index contributed by atoms with van der Waals surface area (Å²) in [4.78, 5) is 0. The van der Waals surface area contributed by atoms with Crippen LogP contribution in [0.15, 0.2) is 0 Å². The molecule has 0 aromatic rings. The summed E-state index contributed by atoms with van der Waals surface area (Å²) < 4.78 is 0. The summed E-state index contributed by atoms with van der Waals surface area (Å²) in [6.07, 6.45) is 5.20. The Kier molecular flexibility index (Phi) is 3.53. The summed E-state index contributed by atoms with van der Waals surface area (Å²) in [5, 5.41) is 3.42. The van der Waals surface area contributed by atoms with E-state index in [9.17, 15) is 0 Å². The van der Waals surface area contributed by atoms with Gasteiger partial charge in [-0.05, 0) is 38.6 Å². The third-order valence-corrected chi connectivity index (χ3v) is 2.72. The smallest absolute Gasteiger partial charge is 0.0280 e. The van der Waals surface area contributed by atoms with Crippen molar-refractivity contribution in [3.05, 3.63) is 0 Å². The Morgan fingerprint density at radius 3 is 2.67 bits per heavy atom. The fourth-order valence-corrected chi connectivity index (χ4v) is 1.55. The van der Waals surface area contributed by atoms with Gasteiger partial charge in [-0.15, -0.1) is 0 Å². The Labute approximate surface area is 75.9 Å². The van der Waals surface area contributed by atoms with Crippen LogP contribution in [0.1, 0.15) is 39.5 Å². The zero-order chi connectivity index (χ0) is 9.03. The molecule has 0 radical (unpaired) electrons. The molecular formula is C10H22N2. The minimum Gasteiger partial charge on any atom is -0.324 e. The van der Waals surface area contributed by atoms with Crippen LogP contribution in [0.3, 0.4) is 0 Å². The molecule has 0 aromatic carbocycles. The van der Waals surface area contributed by atoms with Crippen LogP contribution >= 0.6 is 0 Å². The predicted molar refractivity (Wildman–Crippen MR) is 53.1 cm³/mol. The van der Waals surface area contributed by atoms with Crippen LogP contribution in [0.25, 0.3) is 0 Å². The van der Waals surface area contributed by atoms with E-state index in [0.29, 0.717) is 0 Å². The quantitative estimate of drug-likeness (QED) is 0.593. The Morgan fingerprint density at radius 1 is 1.50 bits per heavy atom. The van der Waals surface area contributed by atoms with Crippen molar-refractivity contribution in [2.24, 2.45) is 11.7 Å². The average Bonchev–Trinajstić information content (AvgIpc) is 2.80. The van der Waals surface area contributed by atoms with Gasteiger partial charge >= 0.3 is 0 Å². The second-order valence-electron chi connectivity index (χ2n) is 4.31. The molecule has 12 heavy (non-hydrogen) atoms. The molecule has 1 saturated carbocycles. The van der Waals surface area contributed by atoms with Crippen LogP contribution in [0.4, 0.5) is 0 Å². The Morgan fingerprint density at radius 2 is 2.17 bits per heavy atom. The van der Waals surface area contributed by atoms with E-state index >= 15 is 0 Å². The van der Waals surface area contributed by atoms with Gasteiger partial charge in [-0.1, -0.05) is 13.3 Å². The zero-order valence-electron chi connectivity index (χ0n) is 8.40. The van der Waals surface area contributed by atoms with Gasteiger partial charge in [0.15, 0.2) is 0 Å². The van der Waals surface area contributed by atoms with E-state index in [2.05, 4.69) is 19.2 Å². The van der Waals surface area contributed by atoms with Crippen LogP contribution in [-0.4, -0.2) is 18.6 Å². The number of nitrogens with one attached hydrogen (secondary N) is 1. The highest BCUT2D eigenvalue weighted by Crippen LogP contribution is 2.37. The first-order valence-corrected chi connectivity index (χ1v) is 5.16. The molecule has 0 spiro atoms. The topological polar surface area (TPSA) is 38.0 Å². The third-order valence-electron chi connectivity index (χ3n) is 2.72. The van der Waals surface area contributed by atoms with Crippen molar-refractivity contribution in [2.45, 2.75) is 45.1 Å². The largest absolute Gasteiger partial charge is 0.324 e. The molecule has 1 unspecified atom stereocenters. The van der Waals surface area contributed by atoms with Crippen LogP contribution in [0, 0.1) is 5.92 Å². The molecule has 0 saturated heterocycles. The van der Waals surface area contributed by atoms with Gasteiger partial charge in [-0.3, -0.25) is 0 Å². The maximum absolute atomic E-state index is 6.14. The third kappa shape index (κ3) is 3.11. The summed E-state index contributed by atoms with van der Waals surface area (Å²) in [7, 11) is 0. The molecule has 0 aliphatic heterocycles. The minimum atomic E-state index is 0.0493. The lowest BCUT2D eigenvalue weighted by Gasteiger charge is -2.24. The molecule has 1 rings (SSSR count). The number of nitrogens with two attached hydrogens (primary N) is 1. The van der Waals surface area contributed by atoms with Gasteiger partial charge in [0, 0.05) is 12.1 Å². The highest BCUT2D eigenvalue weighted by atomic mass is 14.9. The van der Waals surface area contributed by atoms with Crippen molar-refractivity contribution in [1.82, 2.24) is 5.32 Å². The SMILES string of the molecule is CCCCNCC(C)(N)C1CC1. The van der Waals surface area contributed by atoms with E-state index in [0.717, 1.165) is 19.0 Å². The highest BCUT2D eigenvalue weighted by Gasteiger charge is 2.37. The van der Waals surface area contributed by atoms with Gasteiger partial charge in [-0.25, -0.2) is 0 Å². The fraction of sp³-hybridized carbons (Fsp3) is 1.00. The second kappa shape index (κ2) is 4.24. The molecule has 3 N–H and O–H groups in total. The molecule has 0 heterocycles. The summed E-state index contributed by atoms with van der Waals surface area (Å²) in [5.41, 5.74) is 6.19. The van der Waals surface area contributed by atoms with Crippen molar-refractivity contribution in [3.8, 4) is 0 Å². The van der Waals surface area contributed by atoms with Crippen LogP contribution in [0.2, 0.25) is 0 Å². The van der Waals surface area contributed by atoms with E-state index in [1.165, 1.54) is 25.7 Å². The van der Waals surface area contributed by atoms with E-state index in [1.807, 2.05) is 0 Å². The Balaban J connectivity index is 2.04. The van der Waals surface area contributed by atoms with Crippen molar-refractivity contribution in [3.63, 3.8) is 0 Å². The Hall–Kier alpha value is -0.0800. The lowest BCUT2D eigenvalue weighted by molar-refractivity contribution is 0.379. The van der Waals surface area contributed by atoms with Gasteiger partial charge in [0.2, 0.25) is 0 Å². The van der Waals surface area contributed by atoms with Crippen molar-refractivity contribution >= 4 is 0 Å². The lowest BCUT2D eigenvalue weighted by atomic mass is 9.97. The monoisotopic (exact) mass is 170 g/mol. The van der Waals surface area contributed by atoms with E-state index in [-0.39, 0.29) is 5.54 Å². The highest BCUT2D eigenvalue weighted by molar-refractivity contribution is 4.96. The molecule has 72 valence electrons. The molecule has 1 aliphatic rings. The number of rotatable bonds is 6. The predicted octanol–water partition coefficient (Wildman–Crippen LogP) is 1.50. The van der Waals surface area contributed by atoms with Gasteiger partial charge in [-0.2, -0.15) is 0 Å². The summed E-state index contributed by atoms with van der Waals surface area (Å²) >= 11 is 0. The van der Waals surface area contributed by atoms with Crippen LogP contribution in [0.5, 0.6) is 0 Å². The van der Waals surface area contributed by atoms with Gasteiger partial charge in [0.05, 0.1) is 0 Å². The first-order chi connectivity index (χ1) is 5.67. The maximum atomic E-state index is 6.14. The average molecular weight is 170 g/mol. The van der Waals surface area contributed by atoms with Crippen LogP contribution < -0.4 is 11.1 Å². The maximum Gasteiger partial charge on any atom is 0.0280 e. The molecule has 1 fully saturated rings. The number of hydrogen-bond donors (Lipinski definition) is 2. The molecule has 0 bridgehead atoms. The van der Waals surface area contributed by atoms with E-state index in [4.69, 9.17) is 5.73 Å². The lowest BCUT2D eigenvalue weighted by Crippen LogP contribution is -2.48. The van der Waals surface area contributed by atoms with Gasteiger partial charge < -0.3 is 11.1 Å². The van der Waals surface area contributed by atoms with Crippen LogP contribution in [-0.2, 0) is 0 Å². The molecule has 1 aliphatic carbocycles. The first kappa shape index (κ1) is 10.0. The molecule has 2 nitrogen and oxygen atoms in total. The first-order valence-electron chi connectivity index (χ1n) is 5.16. The zero-order valence-corrected chi connectivity index (χ0v) is 8.40. The van der Waals surface area contributed by atoms with Gasteiger partial charge in [0.25, 0.3) is 0 Å².